The molecule has 15 heavy (non-hydrogen) atoms. The predicted molar refractivity (Wildman–Crippen MR) is 62.2 cm³/mol. The van der Waals surface area contributed by atoms with Crippen LogP contribution in [0.15, 0.2) is 18.7 Å². The Bertz CT molecular complexity index is 441. The van der Waals surface area contributed by atoms with Gasteiger partial charge in [0.2, 0.25) is 5.65 Å². The van der Waals surface area contributed by atoms with E-state index in [2.05, 4.69) is 33.7 Å². The fraction of sp³-hybridized carbons (Fsp3) is 0.444. The van der Waals surface area contributed by atoms with Crippen molar-refractivity contribution in [3.63, 3.8) is 0 Å². The van der Waals surface area contributed by atoms with Crippen LogP contribution in [0, 0.1) is 0 Å². The van der Waals surface area contributed by atoms with E-state index in [-0.39, 0.29) is 0 Å². The lowest BCUT2D eigenvalue weighted by Gasteiger charge is -2.12. The molecule has 0 bridgehead atoms. The lowest BCUT2D eigenvalue weighted by atomic mass is 10.4. The van der Waals surface area contributed by atoms with Crippen molar-refractivity contribution in [2.45, 2.75) is 13.0 Å². The zero-order valence-electron chi connectivity index (χ0n) is 8.71. The monoisotopic (exact) mass is 223 g/mol. The van der Waals surface area contributed by atoms with Crippen molar-refractivity contribution in [1.29, 1.82) is 0 Å². The van der Waals surface area contributed by atoms with Crippen molar-refractivity contribution in [3.05, 3.63) is 18.7 Å². The SMILES string of the molecule is CSCC(C)Nc1nccn2cnnc12. The first kappa shape index (κ1) is 10.2. The molecule has 0 saturated carbocycles. The topological polar surface area (TPSA) is 55.1 Å². The van der Waals surface area contributed by atoms with Gasteiger partial charge in [-0.3, -0.25) is 4.40 Å². The Morgan fingerprint density at radius 1 is 1.60 bits per heavy atom. The Balaban J connectivity index is 2.23. The third-order valence-electron chi connectivity index (χ3n) is 2.02. The summed E-state index contributed by atoms with van der Waals surface area (Å²) in [6.07, 6.45) is 7.33. The van der Waals surface area contributed by atoms with Crippen LogP contribution in [-0.2, 0) is 0 Å². The molecule has 0 fully saturated rings. The fourth-order valence-corrected chi connectivity index (χ4v) is 1.97. The van der Waals surface area contributed by atoms with Gasteiger partial charge in [-0.2, -0.15) is 11.8 Å². The molecule has 2 aromatic heterocycles. The lowest BCUT2D eigenvalue weighted by molar-refractivity contribution is 0.900. The second kappa shape index (κ2) is 4.48. The van der Waals surface area contributed by atoms with Crippen molar-refractivity contribution in [3.8, 4) is 0 Å². The molecule has 0 spiro atoms. The number of fused-ring (bicyclic) bond motifs is 1. The van der Waals surface area contributed by atoms with Crippen LogP contribution < -0.4 is 5.32 Å². The van der Waals surface area contributed by atoms with Crippen LogP contribution in [0.5, 0.6) is 0 Å². The van der Waals surface area contributed by atoms with Gasteiger partial charge in [0.05, 0.1) is 0 Å². The smallest absolute Gasteiger partial charge is 0.203 e. The Morgan fingerprint density at radius 2 is 2.47 bits per heavy atom. The van der Waals surface area contributed by atoms with Gasteiger partial charge < -0.3 is 5.32 Å². The summed E-state index contributed by atoms with van der Waals surface area (Å²) in [6.45, 7) is 2.12. The zero-order chi connectivity index (χ0) is 10.7. The maximum Gasteiger partial charge on any atom is 0.203 e. The van der Waals surface area contributed by atoms with Crippen LogP contribution in [0.4, 0.5) is 5.82 Å². The maximum absolute atomic E-state index is 4.26. The van der Waals surface area contributed by atoms with Crippen molar-refractivity contribution in [2.24, 2.45) is 0 Å². The maximum atomic E-state index is 4.26. The average molecular weight is 223 g/mol. The normalized spacial score (nSPS) is 12.9. The molecule has 1 N–H and O–H groups in total. The molecule has 0 aliphatic heterocycles. The summed E-state index contributed by atoms with van der Waals surface area (Å²) < 4.78 is 1.85. The minimum absolute atomic E-state index is 0.371. The van der Waals surface area contributed by atoms with Gasteiger partial charge in [0.25, 0.3) is 0 Å². The molecule has 0 saturated heterocycles. The van der Waals surface area contributed by atoms with E-state index in [1.165, 1.54) is 0 Å². The quantitative estimate of drug-likeness (QED) is 0.846. The number of nitrogens with one attached hydrogen (secondary N) is 1. The van der Waals surface area contributed by atoms with Crippen molar-refractivity contribution < 1.29 is 0 Å². The standard InChI is InChI=1S/C9H13N5S/c1-7(5-15-2)12-8-9-13-11-6-14(9)4-3-10-8/h3-4,6-7H,5H2,1-2H3,(H,10,12). The predicted octanol–water partition coefficient (Wildman–Crippen LogP) is 1.29. The third kappa shape index (κ3) is 2.20. The Kier molecular flexibility index (Phi) is 3.05. The summed E-state index contributed by atoms with van der Waals surface area (Å²) in [5, 5.41) is 11.2. The first-order valence-electron chi connectivity index (χ1n) is 4.71. The number of hydrogen-bond donors (Lipinski definition) is 1. The highest BCUT2D eigenvalue weighted by Gasteiger charge is 2.07. The Labute approximate surface area is 92.3 Å². The number of hydrogen-bond acceptors (Lipinski definition) is 5. The molecule has 2 aromatic rings. The molecule has 2 heterocycles. The molecule has 2 rings (SSSR count). The molecule has 1 unspecified atom stereocenters. The number of nitrogens with zero attached hydrogens (tertiary/aromatic N) is 4. The van der Waals surface area contributed by atoms with Crippen LogP contribution in [0.25, 0.3) is 5.65 Å². The second-order valence-electron chi connectivity index (χ2n) is 3.34. The molecule has 0 aliphatic carbocycles. The largest absolute Gasteiger partial charge is 0.364 e. The molecule has 6 heteroatoms. The molecular weight excluding hydrogens is 210 g/mol. The van der Waals surface area contributed by atoms with E-state index >= 15 is 0 Å². The van der Waals surface area contributed by atoms with Gasteiger partial charge in [0.1, 0.15) is 6.33 Å². The summed E-state index contributed by atoms with van der Waals surface area (Å²) in [5.41, 5.74) is 0.769. The average Bonchev–Trinajstić information content (AvgIpc) is 2.67. The van der Waals surface area contributed by atoms with Crippen LogP contribution in [-0.4, -0.2) is 37.6 Å². The summed E-state index contributed by atoms with van der Waals surface area (Å²) >= 11 is 1.80. The molecule has 0 radical (unpaired) electrons. The fourth-order valence-electron chi connectivity index (χ4n) is 1.39. The van der Waals surface area contributed by atoms with E-state index < -0.39 is 0 Å². The van der Waals surface area contributed by atoms with Gasteiger partial charge >= 0.3 is 0 Å². The van der Waals surface area contributed by atoms with Crippen LogP contribution >= 0.6 is 11.8 Å². The summed E-state index contributed by atoms with van der Waals surface area (Å²) in [5.74, 6) is 1.83. The highest BCUT2D eigenvalue weighted by atomic mass is 32.2. The minimum Gasteiger partial charge on any atom is -0.364 e. The second-order valence-corrected chi connectivity index (χ2v) is 4.25. The van der Waals surface area contributed by atoms with Crippen molar-refractivity contribution in [1.82, 2.24) is 19.6 Å². The molecule has 5 nitrogen and oxygen atoms in total. The molecule has 0 aliphatic rings. The third-order valence-corrected chi connectivity index (χ3v) is 2.85. The number of aromatic nitrogens is 4. The van der Waals surface area contributed by atoms with Crippen LogP contribution in [0.2, 0.25) is 0 Å². The molecule has 1 atom stereocenters. The summed E-state index contributed by atoms with van der Waals surface area (Å²) in [7, 11) is 0. The number of anilines is 1. The van der Waals surface area contributed by atoms with E-state index in [4.69, 9.17) is 0 Å². The molecular formula is C9H13N5S. The lowest BCUT2D eigenvalue weighted by Crippen LogP contribution is -2.19. The van der Waals surface area contributed by atoms with Gasteiger partial charge in [-0.15, -0.1) is 10.2 Å². The van der Waals surface area contributed by atoms with E-state index in [9.17, 15) is 0 Å². The zero-order valence-corrected chi connectivity index (χ0v) is 9.53. The minimum atomic E-state index is 0.371. The highest BCUT2D eigenvalue weighted by molar-refractivity contribution is 7.98. The number of rotatable bonds is 4. The van der Waals surface area contributed by atoms with Gasteiger partial charge in [-0.05, 0) is 13.2 Å². The van der Waals surface area contributed by atoms with Gasteiger partial charge in [0.15, 0.2) is 5.82 Å². The van der Waals surface area contributed by atoms with E-state index in [1.54, 1.807) is 24.3 Å². The van der Waals surface area contributed by atoms with E-state index in [0.717, 1.165) is 17.2 Å². The summed E-state index contributed by atoms with van der Waals surface area (Å²) in [4.78, 5) is 4.26. The van der Waals surface area contributed by atoms with E-state index in [0.29, 0.717) is 6.04 Å². The van der Waals surface area contributed by atoms with E-state index in [1.807, 2.05) is 10.6 Å². The molecule has 80 valence electrons. The van der Waals surface area contributed by atoms with Gasteiger partial charge in [-0.25, -0.2) is 4.98 Å². The molecule has 0 amide bonds. The Hall–Kier alpha value is -1.30. The first-order valence-corrected chi connectivity index (χ1v) is 6.10. The van der Waals surface area contributed by atoms with Crippen molar-refractivity contribution >= 4 is 23.2 Å². The van der Waals surface area contributed by atoms with Crippen LogP contribution in [0.3, 0.4) is 0 Å². The molecule has 0 aromatic carbocycles. The first-order chi connectivity index (χ1) is 7.31. The van der Waals surface area contributed by atoms with Gasteiger partial charge in [-0.1, -0.05) is 0 Å². The van der Waals surface area contributed by atoms with Gasteiger partial charge in [0, 0.05) is 24.2 Å². The summed E-state index contributed by atoms with van der Waals surface area (Å²) in [6, 6.07) is 0.371. The Morgan fingerprint density at radius 3 is 3.27 bits per heavy atom. The number of thioether (sulfide) groups is 1. The highest BCUT2D eigenvalue weighted by Crippen LogP contribution is 2.12. The van der Waals surface area contributed by atoms with Crippen molar-refractivity contribution in [2.75, 3.05) is 17.3 Å². The van der Waals surface area contributed by atoms with Crippen LogP contribution in [0.1, 0.15) is 6.92 Å².